The van der Waals surface area contributed by atoms with Crippen LogP contribution in [0, 0.1) is 11.8 Å². The van der Waals surface area contributed by atoms with E-state index in [0.717, 1.165) is 11.8 Å². The second kappa shape index (κ2) is 6.80. The Hall–Kier alpha value is 0.310. The number of hydrogen-bond acceptors (Lipinski definition) is 2. The van der Waals surface area contributed by atoms with Crippen LogP contribution < -0.4 is 5.32 Å². The molecule has 0 unspecified atom stereocenters. The fraction of sp³-hybridized carbons (Fsp3) is 1.00. The molecule has 0 amide bonds. The quantitative estimate of drug-likeness (QED) is 0.670. The number of hydrogen-bond donors (Lipinski definition) is 1. The van der Waals surface area contributed by atoms with E-state index in [2.05, 4.69) is 17.1 Å². The highest BCUT2D eigenvalue weighted by Crippen LogP contribution is 2.32. The van der Waals surface area contributed by atoms with Crippen molar-refractivity contribution in [2.24, 2.45) is 11.8 Å². The predicted molar refractivity (Wildman–Crippen MR) is 69.5 cm³/mol. The van der Waals surface area contributed by atoms with E-state index in [4.69, 9.17) is 0 Å². The van der Waals surface area contributed by atoms with E-state index in [-0.39, 0.29) is 0 Å². The summed E-state index contributed by atoms with van der Waals surface area (Å²) in [5, 5.41) is 3.63. The van der Waals surface area contributed by atoms with Crippen molar-refractivity contribution in [3.05, 3.63) is 0 Å². The summed E-state index contributed by atoms with van der Waals surface area (Å²) in [6.07, 6.45) is 10.4. The molecule has 15 heavy (non-hydrogen) atoms. The molecule has 1 nitrogen and oxygen atoms in total. The second-order valence-electron chi connectivity index (χ2n) is 5.23. The van der Waals surface area contributed by atoms with Gasteiger partial charge in [-0.15, -0.1) is 0 Å². The molecule has 0 heterocycles. The monoisotopic (exact) mass is 227 g/mol. The van der Waals surface area contributed by atoms with Gasteiger partial charge in [0.2, 0.25) is 0 Å². The first kappa shape index (κ1) is 11.8. The standard InChI is InChI=1S/C13H25NS/c1-2-4-12(5-3-1)10-14-8-9-15-11-13-6-7-13/h12-14H,1-11H2. The first-order valence-electron chi connectivity index (χ1n) is 6.73. The minimum atomic E-state index is 0.993. The van der Waals surface area contributed by atoms with Crippen LogP contribution in [-0.4, -0.2) is 24.6 Å². The van der Waals surface area contributed by atoms with Gasteiger partial charge in [0.05, 0.1) is 0 Å². The van der Waals surface area contributed by atoms with Gasteiger partial charge in [0.25, 0.3) is 0 Å². The molecule has 0 aromatic heterocycles. The number of rotatable bonds is 7. The summed E-state index contributed by atoms with van der Waals surface area (Å²) in [5.41, 5.74) is 0. The third kappa shape index (κ3) is 5.26. The van der Waals surface area contributed by atoms with Crippen LogP contribution in [0.2, 0.25) is 0 Å². The third-order valence-electron chi connectivity index (χ3n) is 3.63. The van der Waals surface area contributed by atoms with E-state index in [9.17, 15) is 0 Å². The van der Waals surface area contributed by atoms with E-state index < -0.39 is 0 Å². The molecule has 2 aliphatic carbocycles. The van der Waals surface area contributed by atoms with Gasteiger partial charge in [0.1, 0.15) is 0 Å². The molecule has 0 saturated heterocycles. The lowest BCUT2D eigenvalue weighted by Gasteiger charge is -2.21. The Labute approximate surface area is 98.8 Å². The van der Waals surface area contributed by atoms with Crippen molar-refractivity contribution in [2.45, 2.75) is 44.9 Å². The zero-order chi connectivity index (χ0) is 10.3. The highest BCUT2D eigenvalue weighted by atomic mass is 32.2. The third-order valence-corrected chi connectivity index (χ3v) is 4.83. The van der Waals surface area contributed by atoms with Gasteiger partial charge in [-0.05, 0) is 49.8 Å². The summed E-state index contributed by atoms with van der Waals surface area (Å²) < 4.78 is 0. The molecule has 2 aliphatic rings. The predicted octanol–water partition coefficient (Wildman–Crippen LogP) is 3.30. The largest absolute Gasteiger partial charge is 0.316 e. The lowest BCUT2D eigenvalue weighted by Crippen LogP contribution is -2.26. The topological polar surface area (TPSA) is 12.0 Å². The second-order valence-corrected chi connectivity index (χ2v) is 6.38. The van der Waals surface area contributed by atoms with Crippen LogP contribution in [0.1, 0.15) is 44.9 Å². The van der Waals surface area contributed by atoms with Crippen LogP contribution in [0.25, 0.3) is 0 Å². The maximum atomic E-state index is 3.63. The molecule has 0 spiro atoms. The SMILES string of the molecule is C1CCC(CNCCSCC2CC2)CC1. The zero-order valence-corrected chi connectivity index (χ0v) is 10.7. The highest BCUT2D eigenvalue weighted by molar-refractivity contribution is 7.99. The average Bonchev–Trinajstić information content (AvgIpc) is 3.09. The lowest BCUT2D eigenvalue weighted by molar-refractivity contribution is 0.345. The molecule has 88 valence electrons. The Morgan fingerprint density at radius 1 is 0.933 bits per heavy atom. The summed E-state index contributed by atoms with van der Waals surface area (Å²) in [6.45, 7) is 2.51. The maximum absolute atomic E-state index is 3.63. The van der Waals surface area contributed by atoms with Crippen molar-refractivity contribution in [1.29, 1.82) is 0 Å². The van der Waals surface area contributed by atoms with Crippen molar-refractivity contribution in [1.82, 2.24) is 5.32 Å². The molecule has 0 aliphatic heterocycles. The Bertz CT molecular complexity index is 162. The maximum Gasteiger partial charge on any atom is 0.00582 e. The zero-order valence-electron chi connectivity index (χ0n) is 9.84. The van der Waals surface area contributed by atoms with Gasteiger partial charge in [-0.1, -0.05) is 19.3 Å². The van der Waals surface area contributed by atoms with Gasteiger partial charge in [-0.3, -0.25) is 0 Å². The Kier molecular flexibility index (Phi) is 5.34. The smallest absolute Gasteiger partial charge is 0.00582 e. The molecular formula is C13H25NS. The van der Waals surface area contributed by atoms with Gasteiger partial charge in [0.15, 0.2) is 0 Å². The number of thioether (sulfide) groups is 1. The van der Waals surface area contributed by atoms with Gasteiger partial charge in [0, 0.05) is 12.3 Å². The summed E-state index contributed by atoms with van der Waals surface area (Å²) in [5.74, 6) is 4.83. The molecule has 0 aromatic carbocycles. The Morgan fingerprint density at radius 2 is 1.73 bits per heavy atom. The molecule has 2 saturated carbocycles. The van der Waals surface area contributed by atoms with E-state index in [1.54, 1.807) is 0 Å². The van der Waals surface area contributed by atoms with Crippen molar-refractivity contribution in [2.75, 3.05) is 24.6 Å². The first-order chi connectivity index (χ1) is 7.45. The molecule has 0 radical (unpaired) electrons. The van der Waals surface area contributed by atoms with Crippen LogP contribution in [0.4, 0.5) is 0 Å². The molecule has 0 bridgehead atoms. The molecule has 0 aromatic rings. The van der Waals surface area contributed by atoms with Crippen LogP contribution in [0.5, 0.6) is 0 Å². The molecular weight excluding hydrogens is 202 g/mol. The van der Waals surface area contributed by atoms with E-state index >= 15 is 0 Å². The summed E-state index contributed by atoms with van der Waals surface area (Å²) >= 11 is 2.15. The summed E-state index contributed by atoms with van der Waals surface area (Å²) in [7, 11) is 0. The molecule has 0 atom stereocenters. The average molecular weight is 227 g/mol. The van der Waals surface area contributed by atoms with Gasteiger partial charge in [-0.2, -0.15) is 11.8 Å². The van der Waals surface area contributed by atoms with E-state index in [0.29, 0.717) is 0 Å². The lowest BCUT2D eigenvalue weighted by atomic mass is 9.89. The molecule has 2 heteroatoms. The normalized spacial score (nSPS) is 23.2. The van der Waals surface area contributed by atoms with E-state index in [1.165, 1.54) is 69.5 Å². The highest BCUT2D eigenvalue weighted by Gasteiger charge is 2.20. The summed E-state index contributed by atoms with van der Waals surface area (Å²) in [6, 6.07) is 0. The van der Waals surface area contributed by atoms with Crippen molar-refractivity contribution in [3.63, 3.8) is 0 Å². The van der Waals surface area contributed by atoms with Gasteiger partial charge < -0.3 is 5.32 Å². The van der Waals surface area contributed by atoms with Gasteiger partial charge in [-0.25, -0.2) is 0 Å². The number of nitrogens with one attached hydrogen (secondary N) is 1. The fourth-order valence-corrected chi connectivity index (χ4v) is 3.50. The molecule has 1 N–H and O–H groups in total. The fourth-order valence-electron chi connectivity index (χ4n) is 2.38. The molecule has 2 fully saturated rings. The molecule has 2 rings (SSSR count). The van der Waals surface area contributed by atoms with Gasteiger partial charge >= 0.3 is 0 Å². The van der Waals surface area contributed by atoms with Crippen molar-refractivity contribution >= 4 is 11.8 Å². The minimum absolute atomic E-state index is 0.993. The van der Waals surface area contributed by atoms with Crippen LogP contribution >= 0.6 is 11.8 Å². The van der Waals surface area contributed by atoms with Crippen molar-refractivity contribution in [3.8, 4) is 0 Å². The minimum Gasteiger partial charge on any atom is -0.316 e. The van der Waals surface area contributed by atoms with Crippen LogP contribution in [0.3, 0.4) is 0 Å². The van der Waals surface area contributed by atoms with E-state index in [1.807, 2.05) is 0 Å². The van der Waals surface area contributed by atoms with Crippen LogP contribution in [-0.2, 0) is 0 Å². The Balaban J connectivity index is 1.37. The summed E-state index contributed by atoms with van der Waals surface area (Å²) in [4.78, 5) is 0. The Morgan fingerprint density at radius 3 is 2.47 bits per heavy atom. The van der Waals surface area contributed by atoms with Crippen molar-refractivity contribution < 1.29 is 0 Å². The first-order valence-corrected chi connectivity index (χ1v) is 7.89. The van der Waals surface area contributed by atoms with Crippen LogP contribution in [0.15, 0.2) is 0 Å².